The van der Waals surface area contributed by atoms with Crippen molar-refractivity contribution in [2.45, 2.75) is 0 Å². The van der Waals surface area contributed by atoms with E-state index in [1.807, 2.05) is 6.07 Å². The maximum absolute atomic E-state index is 12.1. The molecular formula is C12H8BrClN4O. The van der Waals surface area contributed by atoms with E-state index in [-0.39, 0.29) is 5.82 Å². The number of anilines is 1. The number of benzene rings is 1. The molecule has 0 saturated heterocycles. The third-order valence-corrected chi connectivity index (χ3v) is 3.16. The Balaban J connectivity index is 2.28. The van der Waals surface area contributed by atoms with Gasteiger partial charge in [-0.25, -0.2) is 0 Å². The topological polar surface area (TPSA) is 70.7 Å². The predicted octanol–water partition coefficient (Wildman–Crippen LogP) is 2.96. The first kappa shape index (κ1) is 13.6. The van der Waals surface area contributed by atoms with Gasteiger partial charge in [-0.15, -0.1) is 0 Å². The Labute approximate surface area is 122 Å². The summed E-state index contributed by atoms with van der Waals surface area (Å²) in [5, 5.41) is 15.8. The molecule has 1 heterocycles. The second kappa shape index (κ2) is 5.43. The molecule has 0 unspecified atom stereocenters. The number of nitriles is 1. The molecule has 19 heavy (non-hydrogen) atoms. The molecule has 0 aliphatic heterocycles. The van der Waals surface area contributed by atoms with Gasteiger partial charge in [-0.05, 0) is 18.2 Å². The fraction of sp³-hybridized carbons (Fsp3) is 0.0833. The van der Waals surface area contributed by atoms with Crippen LogP contribution in [0.15, 0.2) is 28.9 Å². The molecule has 0 saturated carbocycles. The van der Waals surface area contributed by atoms with Crippen molar-refractivity contribution in [3.63, 3.8) is 0 Å². The first-order valence-electron chi connectivity index (χ1n) is 5.21. The van der Waals surface area contributed by atoms with Gasteiger partial charge in [0.15, 0.2) is 5.82 Å². The van der Waals surface area contributed by atoms with Crippen molar-refractivity contribution < 1.29 is 4.79 Å². The summed E-state index contributed by atoms with van der Waals surface area (Å²) >= 11 is 9.25. The second-order valence-corrected chi connectivity index (χ2v) is 5.08. The van der Waals surface area contributed by atoms with Gasteiger partial charge in [0.05, 0.1) is 10.6 Å². The molecule has 0 aliphatic carbocycles. The number of nitrogens with zero attached hydrogens (tertiary/aromatic N) is 3. The van der Waals surface area contributed by atoms with E-state index in [0.717, 1.165) is 4.47 Å². The van der Waals surface area contributed by atoms with Gasteiger partial charge in [-0.3, -0.25) is 9.48 Å². The van der Waals surface area contributed by atoms with Gasteiger partial charge in [-0.2, -0.15) is 10.4 Å². The standard InChI is InChI=1S/C12H8BrClN4O/c1-18-6-7(5-15)11(17-18)16-12(19)9-3-2-8(13)4-10(9)14/h2-4,6H,1H3,(H,16,17,19). The van der Waals surface area contributed by atoms with Crippen LogP contribution in [0, 0.1) is 11.3 Å². The summed E-state index contributed by atoms with van der Waals surface area (Å²) in [7, 11) is 1.67. The smallest absolute Gasteiger partial charge is 0.258 e. The number of carbonyl (C=O) groups is 1. The Morgan fingerprint density at radius 1 is 1.58 bits per heavy atom. The Morgan fingerprint density at radius 3 is 2.95 bits per heavy atom. The van der Waals surface area contributed by atoms with E-state index in [0.29, 0.717) is 16.1 Å². The fourth-order valence-electron chi connectivity index (χ4n) is 1.51. The molecule has 2 aromatic rings. The normalized spacial score (nSPS) is 10.0. The van der Waals surface area contributed by atoms with Crippen molar-refractivity contribution in [1.82, 2.24) is 9.78 Å². The van der Waals surface area contributed by atoms with Crippen LogP contribution in [-0.2, 0) is 7.05 Å². The monoisotopic (exact) mass is 338 g/mol. The van der Waals surface area contributed by atoms with Crippen LogP contribution in [-0.4, -0.2) is 15.7 Å². The van der Waals surface area contributed by atoms with E-state index in [1.54, 1.807) is 25.2 Å². The number of halogens is 2. The van der Waals surface area contributed by atoms with Crippen molar-refractivity contribution in [2.24, 2.45) is 7.05 Å². The van der Waals surface area contributed by atoms with Crippen molar-refractivity contribution >= 4 is 39.3 Å². The molecule has 5 nitrogen and oxygen atoms in total. The van der Waals surface area contributed by atoms with Crippen LogP contribution in [0.2, 0.25) is 5.02 Å². The van der Waals surface area contributed by atoms with E-state index in [1.165, 1.54) is 10.9 Å². The van der Waals surface area contributed by atoms with Gasteiger partial charge in [0.25, 0.3) is 5.91 Å². The molecule has 1 aromatic carbocycles. The number of hydrogen-bond acceptors (Lipinski definition) is 3. The van der Waals surface area contributed by atoms with Crippen LogP contribution < -0.4 is 5.32 Å². The lowest BCUT2D eigenvalue weighted by Crippen LogP contribution is -2.13. The Bertz CT molecular complexity index is 690. The Kier molecular flexibility index (Phi) is 3.88. The van der Waals surface area contributed by atoms with Gasteiger partial charge < -0.3 is 5.32 Å². The molecule has 1 aromatic heterocycles. The first-order valence-corrected chi connectivity index (χ1v) is 6.38. The van der Waals surface area contributed by atoms with Crippen LogP contribution in [0.25, 0.3) is 0 Å². The minimum atomic E-state index is -0.410. The maximum atomic E-state index is 12.1. The maximum Gasteiger partial charge on any atom is 0.258 e. The van der Waals surface area contributed by atoms with Crippen LogP contribution in [0.4, 0.5) is 5.82 Å². The summed E-state index contributed by atoms with van der Waals surface area (Å²) in [6, 6.07) is 6.89. The number of aryl methyl sites for hydroxylation is 1. The van der Waals surface area contributed by atoms with Gasteiger partial charge in [0, 0.05) is 17.7 Å². The van der Waals surface area contributed by atoms with E-state index in [9.17, 15) is 4.79 Å². The Hall–Kier alpha value is -1.84. The second-order valence-electron chi connectivity index (χ2n) is 3.76. The average Bonchev–Trinajstić information content (AvgIpc) is 2.69. The first-order chi connectivity index (χ1) is 9.01. The highest BCUT2D eigenvalue weighted by molar-refractivity contribution is 9.10. The van der Waals surface area contributed by atoms with E-state index in [4.69, 9.17) is 16.9 Å². The van der Waals surface area contributed by atoms with E-state index in [2.05, 4.69) is 26.3 Å². The fourth-order valence-corrected chi connectivity index (χ4v) is 2.27. The number of aromatic nitrogens is 2. The molecule has 96 valence electrons. The summed E-state index contributed by atoms with van der Waals surface area (Å²) in [5.74, 6) is -0.193. The molecule has 0 fully saturated rings. The van der Waals surface area contributed by atoms with Crippen LogP contribution in [0.3, 0.4) is 0 Å². The van der Waals surface area contributed by atoms with E-state index >= 15 is 0 Å². The number of amides is 1. The van der Waals surface area contributed by atoms with Gasteiger partial charge in [-0.1, -0.05) is 27.5 Å². The zero-order valence-electron chi connectivity index (χ0n) is 9.82. The molecule has 7 heteroatoms. The van der Waals surface area contributed by atoms with Gasteiger partial charge in [0.1, 0.15) is 11.6 Å². The van der Waals surface area contributed by atoms with E-state index < -0.39 is 5.91 Å². The number of hydrogen-bond donors (Lipinski definition) is 1. The molecule has 0 atom stereocenters. The quantitative estimate of drug-likeness (QED) is 0.914. The zero-order chi connectivity index (χ0) is 14.0. The lowest BCUT2D eigenvalue weighted by molar-refractivity contribution is 0.102. The minimum Gasteiger partial charge on any atom is -0.304 e. The van der Waals surface area contributed by atoms with Gasteiger partial charge in [0.2, 0.25) is 0 Å². The number of carbonyl (C=O) groups excluding carboxylic acids is 1. The van der Waals surface area contributed by atoms with Crippen molar-refractivity contribution in [3.8, 4) is 6.07 Å². The third kappa shape index (κ3) is 2.95. The minimum absolute atomic E-state index is 0.217. The van der Waals surface area contributed by atoms with Crippen LogP contribution in [0.1, 0.15) is 15.9 Å². The zero-order valence-corrected chi connectivity index (χ0v) is 12.2. The predicted molar refractivity (Wildman–Crippen MR) is 75.0 cm³/mol. The van der Waals surface area contributed by atoms with Crippen LogP contribution in [0.5, 0.6) is 0 Å². The molecule has 1 N–H and O–H groups in total. The summed E-state index contributed by atoms with van der Waals surface area (Å²) in [6.07, 6.45) is 1.53. The Morgan fingerprint density at radius 2 is 2.32 bits per heavy atom. The van der Waals surface area contributed by atoms with Crippen molar-refractivity contribution in [1.29, 1.82) is 5.26 Å². The lowest BCUT2D eigenvalue weighted by Gasteiger charge is -2.05. The molecular weight excluding hydrogens is 332 g/mol. The highest BCUT2D eigenvalue weighted by Gasteiger charge is 2.15. The SMILES string of the molecule is Cn1cc(C#N)c(NC(=O)c2ccc(Br)cc2Cl)n1. The van der Waals surface area contributed by atoms with Crippen LogP contribution >= 0.6 is 27.5 Å². The highest BCUT2D eigenvalue weighted by atomic mass is 79.9. The molecule has 0 spiro atoms. The lowest BCUT2D eigenvalue weighted by atomic mass is 10.2. The number of nitrogens with one attached hydrogen (secondary N) is 1. The molecule has 2 rings (SSSR count). The molecule has 0 bridgehead atoms. The summed E-state index contributed by atoms with van der Waals surface area (Å²) in [5.41, 5.74) is 0.614. The van der Waals surface area contributed by atoms with Crippen molar-refractivity contribution in [3.05, 3.63) is 45.0 Å². The summed E-state index contributed by atoms with van der Waals surface area (Å²) in [4.78, 5) is 12.1. The highest BCUT2D eigenvalue weighted by Crippen LogP contribution is 2.22. The third-order valence-electron chi connectivity index (χ3n) is 2.36. The molecule has 0 radical (unpaired) electrons. The summed E-state index contributed by atoms with van der Waals surface area (Å²) < 4.78 is 2.24. The average molecular weight is 340 g/mol. The number of rotatable bonds is 2. The molecule has 1 amide bonds. The van der Waals surface area contributed by atoms with Crippen molar-refractivity contribution in [2.75, 3.05) is 5.32 Å². The summed E-state index contributed by atoms with van der Waals surface area (Å²) in [6.45, 7) is 0. The largest absolute Gasteiger partial charge is 0.304 e. The van der Waals surface area contributed by atoms with Gasteiger partial charge >= 0.3 is 0 Å². The molecule has 0 aliphatic rings.